The van der Waals surface area contributed by atoms with Crippen molar-refractivity contribution in [1.29, 1.82) is 0 Å². The van der Waals surface area contributed by atoms with Crippen molar-refractivity contribution < 1.29 is 12.8 Å². The molecule has 1 saturated carbocycles. The van der Waals surface area contributed by atoms with Crippen LogP contribution in [0.25, 0.3) is 0 Å². The number of sulfone groups is 1. The molecule has 0 aromatic carbocycles. The van der Waals surface area contributed by atoms with Crippen LogP contribution in [-0.2, 0) is 9.84 Å². The Morgan fingerprint density at radius 3 is 2.79 bits per heavy atom. The summed E-state index contributed by atoms with van der Waals surface area (Å²) >= 11 is 0. The van der Waals surface area contributed by atoms with Crippen LogP contribution in [0.3, 0.4) is 0 Å². The molecule has 7 heteroatoms. The van der Waals surface area contributed by atoms with Gasteiger partial charge in [-0.15, -0.1) is 5.10 Å². The predicted octanol–water partition coefficient (Wildman–Crippen LogP) is 1.21. The second-order valence-electron chi connectivity index (χ2n) is 5.74. The zero-order valence-electron chi connectivity index (χ0n) is 11.1. The van der Waals surface area contributed by atoms with E-state index in [1.807, 2.05) is 4.90 Å². The van der Waals surface area contributed by atoms with Crippen LogP contribution < -0.4 is 4.90 Å². The van der Waals surface area contributed by atoms with Crippen LogP contribution in [0.15, 0.2) is 4.42 Å². The Bertz CT molecular complexity index is 550. The van der Waals surface area contributed by atoms with Gasteiger partial charge in [0.2, 0.25) is 5.89 Å². The van der Waals surface area contributed by atoms with Crippen molar-refractivity contribution in [3.05, 3.63) is 5.89 Å². The van der Waals surface area contributed by atoms with Gasteiger partial charge in [0.05, 0.1) is 5.75 Å². The minimum Gasteiger partial charge on any atom is -0.408 e. The van der Waals surface area contributed by atoms with Gasteiger partial charge in [0.1, 0.15) is 9.84 Å². The van der Waals surface area contributed by atoms with Gasteiger partial charge in [-0.3, -0.25) is 0 Å². The highest BCUT2D eigenvalue weighted by atomic mass is 32.2. The first kappa shape index (κ1) is 12.9. The molecule has 1 aliphatic carbocycles. The Hall–Kier alpha value is -1.11. The first-order valence-electron chi connectivity index (χ1n) is 6.77. The molecule has 0 radical (unpaired) electrons. The molecule has 2 fully saturated rings. The number of anilines is 1. The van der Waals surface area contributed by atoms with E-state index in [2.05, 4.69) is 10.2 Å². The molecule has 1 aromatic rings. The summed E-state index contributed by atoms with van der Waals surface area (Å²) in [6.45, 7) is 1.56. The van der Waals surface area contributed by atoms with Gasteiger partial charge in [-0.1, -0.05) is 5.10 Å². The zero-order valence-corrected chi connectivity index (χ0v) is 11.9. The van der Waals surface area contributed by atoms with Crippen LogP contribution in [0.4, 0.5) is 6.01 Å². The molecule has 1 atom stereocenters. The van der Waals surface area contributed by atoms with Gasteiger partial charge in [0.25, 0.3) is 0 Å². The Labute approximate surface area is 113 Å². The maximum atomic E-state index is 11.4. The van der Waals surface area contributed by atoms with Crippen LogP contribution in [-0.4, -0.2) is 43.7 Å². The fourth-order valence-electron chi connectivity index (χ4n) is 2.65. The van der Waals surface area contributed by atoms with E-state index in [-0.39, 0.29) is 11.7 Å². The van der Waals surface area contributed by atoms with E-state index in [1.54, 1.807) is 0 Å². The highest BCUT2D eigenvalue weighted by Crippen LogP contribution is 2.40. The lowest BCUT2D eigenvalue weighted by Gasteiger charge is -2.30. The molecule has 1 aliphatic heterocycles. The summed E-state index contributed by atoms with van der Waals surface area (Å²) in [7, 11) is -2.92. The van der Waals surface area contributed by atoms with Crippen molar-refractivity contribution >= 4 is 15.9 Å². The van der Waals surface area contributed by atoms with Gasteiger partial charge in [0.15, 0.2) is 0 Å². The monoisotopic (exact) mass is 285 g/mol. The van der Waals surface area contributed by atoms with E-state index in [0.717, 1.165) is 38.1 Å². The summed E-state index contributed by atoms with van der Waals surface area (Å²) < 4.78 is 28.4. The molecule has 106 valence electrons. The normalized spacial score (nSPS) is 24.7. The molecule has 1 saturated heterocycles. The number of nitrogens with zero attached hydrogens (tertiary/aromatic N) is 3. The van der Waals surface area contributed by atoms with Gasteiger partial charge in [-0.25, -0.2) is 8.42 Å². The van der Waals surface area contributed by atoms with E-state index < -0.39 is 9.84 Å². The Kier molecular flexibility index (Phi) is 3.24. The van der Waals surface area contributed by atoms with Crippen molar-refractivity contribution in [2.75, 3.05) is 30.0 Å². The molecule has 0 unspecified atom stereocenters. The largest absolute Gasteiger partial charge is 0.408 e. The van der Waals surface area contributed by atoms with E-state index >= 15 is 0 Å². The minimum absolute atomic E-state index is 0.167. The van der Waals surface area contributed by atoms with E-state index in [9.17, 15) is 8.42 Å². The molecular formula is C12H19N3O3S. The second kappa shape index (κ2) is 4.77. The average Bonchev–Trinajstić information content (AvgIpc) is 3.05. The minimum atomic E-state index is -2.92. The maximum absolute atomic E-state index is 11.4. The zero-order chi connectivity index (χ0) is 13.5. The van der Waals surface area contributed by atoms with Crippen molar-refractivity contribution in [2.24, 2.45) is 5.92 Å². The smallest absolute Gasteiger partial charge is 0.318 e. The molecule has 0 amide bonds. The number of rotatable bonds is 4. The molecule has 0 N–H and O–H groups in total. The first-order valence-corrected chi connectivity index (χ1v) is 8.83. The van der Waals surface area contributed by atoms with Gasteiger partial charge < -0.3 is 9.32 Å². The summed E-state index contributed by atoms with van der Waals surface area (Å²) in [5.41, 5.74) is 0. The highest BCUT2D eigenvalue weighted by molar-refractivity contribution is 7.90. The summed E-state index contributed by atoms with van der Waals surface area (Å²) in [5, 5.41) is 8.17. The van der Waals surface area contributed by atoms with Crippen LogP contribution in [0.5, 0.6) is 0 Å². The van der Waals surface area contributed by atoms with Gasteiger partial charge in [0, 0.05) is 25.3 Å². The lowest BCUT2D eigenvalue weighted by molar-refractivity contribution is 0.407. The Balaban J connectivity index is 1.66. The van der Waals surface area contributed by atoms with Crippen molar-refractivity contribution in [1.82, 2.24) is 10.2 Å². The summed E-state index contributed by atoms with van der Waals surface area (Å²) in [5.74, 6) is 1.60. The second-order valence-corrected chi connectivity index (χ2v) is 7.93. The molecule has 2 heterocycles. The van der Waals surface area contributed by atoms with Crippen LogP contribution in [0.2, 0.25) is 0 Å². The van der Waals surface area contributed by atoms with E-state index in [4.69, 9.17) is 4.42 Å². The lowest BCUT2D eigenvalue weighted by atomic mass is 10.0. The van der Waals surface area contributed by atoms with Crippen molar-refractivity contribution in [2.45, 2.75) is 31.6 Å². The molecule has 19 heavy (non-hydrogen) atoms. The summed E-state index contributed by atoms with van der Waals surface area (Å²) in [4.78, 5) is 2.03. The summed E-state index contributed by atoms with van der Waals surface area (Å²) in [6.07, 6.45) is 5.50. The average molecular weight is 285 g/mol. The molecule has 1 aromatic heterocycles. The molecular weight excluding hydrogens is 266 g/mol. The molecule has 0 spiro atoms. The number of hydrogen-bond acceptors (Lipinski definition) is 6. The van der Waals surface area contributed by atoms with Gasteiger partial charge in [-0.05, 0) is 31.6 Å². The lowest BCUT2D eigenvalue weighted by Crippen LogP contribution is -2.38. The molecule has 0 bridgehead atoms. The van der Waals surface area contributed by atoms with Crippen LogP contribution >= 0.6 is 0 Å². The fraction of sp³-hybridized carbons (Fsp3) is 0.833. The highest BCUT2D eigenvalue weighted by Gasteiger charge is 2.31. The number of aromatic nitrogens is 2. The third kappa shape index (κ3) is 3.26. The fourth-order valence-corrected chi connectivity index (χ4v) is 3.78. The summed E-state index contributed by atoms with van der Waals surface area (Å²) in [6, 6.07) is 0.556. The molecule has 3 rings (SSSR count). The number of piperidine rings is 1. The van der Waals surface area contributed by atoms with Crippen molar-refractivity contribution in [3.8, 4) is 0 Å². The maximum Gasteiger partial charge on any atom is 0.318 e. The SMILES string of the molecule is CS(=O)(=O)C[C@@H]1CCCN(c2nnc(C3CC3)o2)C1. The van der Waals surface area contributed by atoms with E-state index in [0.29, 0.717) is 18.5 Å². The topological polar surface area (TPSA) is 76.3 Å². The predicted molar refractivity (Wildman–Crippen MR) is 70.9 cm³/mol. The third-order valence-electron chi connectivity index (χ3n) is 3.68. The Morgan fingerprint density at radius 2 is 2.11 bits per heavy atom. The van der Waals surface area contributed by atoms with E-state index in [1.165, 1.54) is 6.26 Å². The van der Waals surface area contributed by atoms with Gasteiger partial charge in [-0.2, -0.15) is 0 Å². The Morgan fingerprint density at radius 1 is 1.32 bits per heavy atom. The third-order valence-corrected chi connectivity index (χ3v) is 4.76. The van der Waals surface area contributed by atoms with Crippen molar-refractivity contribution in [3.63, 3.8) is 0 Å². The standard InChI is InChI=1S/C12H19N3O3S/c1-19(16,17)8-9-3-2-6-15(7-9)12-14-13-11(18-12)10-4-5-10/h9-10H,2-8H2,1H3/t9-/m1/s1. The van der Waals surface area contributed by atoms with Crippen LogP contribution in [0, 0.1) is 5.92 Å². The first-order chi connectivity index (χ1) is 9.01. The quantitative estimate of drug-likeness (QED) is 0.827. The number of hydrogen-bond donors (Lipinski definition) is 0. The molecule has 2 aliphatic rings. The van der Waals surface area contributed by atoms with Gasteiger partial charge >= 0.3 is 6.01 Å². The van der Waals surface area contributed by atoms with Crippen LogP contribution in [0.1, 0.15) is 37.5 Å². The molecule has 6 nitrogen and oxygen atoms in total.